The van der Waals surface area contributed by atoms with Gasteiger partial charge in [-0.2, -0.15) is 0 Å². The zero-order valence-electron chi connectivity index (χ0n) is 19.0. The van der Waals surface area contributed by atoms with Crippen LogP contribution in [0.15, 0.2) is 42.5 Å². The number of nitrogens with zero attached hydrogens (tertiary/aromatic N) is 1. The lowest BCUT2D eigenvalue weighted by Gasteiger charge is -2.29. The highest BCUT2D eigenvalue weighted by Crippen LogP contribution is 2.21. The summed E-state index contributed by atoms with van der Waals surface area (Å²) in [6.45, 7) is 12.7. The summed E-state index contributed by atoms with van der Waals surface area (Å²) in [5.41, 5.74) is 4.25. The largest absolute Gasteiger partial charge is 0.483 e. The lowest BCUT2D eigenvalue weighted by Crippen LogP contribution is -2.49. The zero-order chi connectivity index (χ0) is 22.3. The fourth-order valence-electron chi connectivity index (χ4n) is 3.03. The summed E-state index contributed by atoms with van der Waals surface area (Å²) in [6.07, 6.45) is 0. The maximum absolute atomic E-state index is 13.1. The Morgan fingerprint density at radius 2 is 1.67 bits per heavy atom. The molecule has 5 nitrogen and oxygen atoms in total. The van der Waals surface area contributed by atoms with Gasteiger partial charge in [-0.3, -0.25) is 9.59 Å². The molecule has 0 aliphatic heterocycles. The minimum absolute atomic E-state index is 0.113. The number of carbonyl (C=O) groups excluding carboxylic acids is 2. The van der Waals surface area contributed by atoms with Gasteiger partial charge in [-0.15, -0.1) is 0 Å². The van der Waals surface area contributed by atoms with Gasteiger partial charge >= 0.3 is 0 Å². The molecule has 2 amide bonds. The van der Waals surface area contributed by atoms with E-state index in [4.69, 9.17) is 4.74 Å². The molecule has 0 radical (unpaired) electrons. The Hall–Kier alpha value is -2.82. The Labute approximate surface area is 180 Å². The predicted octanol–water partition coefficient (Wildman–Crippen LogP) is 4.18. The molecule has 0 aliphatic carbocycles. The van der Waals surface area contributed by atoms with Crippen molar-refractivity contribution in [2.75, 3.05) is 13.2 Å². The van der Waals surface area contributed by atoms with Crippen LogP contribution in [0, 0.1) is 26.7 Å². The lowest BCUT2D eigenvalue weighted by molar-refractivity contribution is -0.142. The van der Waals surface area contributed by atoms with Gasteiger partial charge in [0.25, 0.3) is 5.91 Å². The van der Waals surface area contributed by atoms with Crippen molar-refractivity contribution in [2.24, 2.45) is 5.92 Å². The van der Waals surface area contributed by atoms with Gasteiger partial charge in [-0.1, -0.05) is 55.8 Å². The molecule has 0 saturated carbocycles. The van der Waals surface area contributed by atoms with Crippen LogP contribution in [-0.4, -0.2) is 35.9 Å². The number of ether oxygens (including phenoxy) is 1. The average Bonchev–Trinajstić information content (AvgIpc) is 2.71. The van der Waals surface area contributed by atoms with Crippen molar-refractivity contribution in [3.8, 4) is 5.75 Å². The van der Waals surface area contributed by atoms with E-state index in [9.17, 15) is 9.59 Å². The SMILES string of the molecule is Cc1ccc(CN(C(=O)COc2cccc(C)c2C)C(C)C(=O)NCC(C)C)cc1. The van der Waals surface area contributed by atoms with Crippen LogP contribution in [0.5, 0.6) is 5.75 Å². The molecule has 2 aromatic rings. The quantitative estimate of drug-likeness (QED) is 0.675. The Morgan fingerprint density at radius 3 is 2.30 bits per heavy atom. The number of amides is 2. The maximum Gasteiger partial charge on any atom is 0.261 e. The van der Waals surface area contributed by atoms with Gasteiger partial charge in [-0.25, -0.2) is 0 Å². The van der Waals surface area contributed by atoms with Gasteiger partial charge in [0.1, 0.15) is 11.8 Å². The molecule has 5 heteroatoms. The molecule has 0 heterocycles. The van der Waals surface area contributed by atoms with E-state index in [-0.39, 0.29) is 18.4 Å². The molecular weight excluding hydrogens is 376 g/mol. The summed E-state index contributed by atoms with van der Waals surface area (Å²) in [7, 11) is 0. The summed E-state index contributed by atoms with van der Waals surface area (Å²) in [5, 5.41) is 2.93. The molecule has 0 aromatic heterocycles. The first-order valence-corrected chi connectivity index (χ1v) is 10.5. The van der Waals surface area contributed by atoms with Gasteiger partial charge in [0.05, 0.1) is 0 Å². The van der Waals surface area contributed by atoms with Crippen LogP contribution >= 0.6 is 0 Å². The van der Waals surface area contributed by atoms with Crippen LogP contribution in [0.3, 0.4) is 0 Å². The Balaban J connectivity index is 2.15. The van der Waals surface area contributed by atoms with E-state index in [0.717, 1.165) is 22.3 Å². The van der Waals surface area contributed by atoms with Crippen molar-refractivity contribution in [1.82, 2.24) is 10.2 Å². The van der Waals surface area contributed by atoms with Gasteiger partial charge in [0.2, 0.25) is 5.91 Å². The standard InChI is InChI=1S/C25H34N2O3/c1-17(2)14-26-25(29)21(6)27(15-22-12-10-18(3)11-13-22)24(28)16-30-23-9-7-8-19(4)20(23)5/h7-13,17,21H,14-16H2,1-6H3,(H,26,29). The highest BCUT2D eigenvalue weighted by atomic mass is 16.5. The van der Waals surface area contributed by atoms with E-state index < -0.39 is 6.04 Å². The highest BCUT2D eigenvalue weighted by Gasteiger charge is 2.26. The summed E-state index contributed by atoms with van der Waals surface area (Å²) in [6, 6.07) is 13.2. The number of carbonyl (C=O) groups is 2. The van der Waals surface area contributed by atoms with E-state index in [1.807, 2.05) is 77.1 Å². The molecule has 0 bridgehead atoms. The summed E-state index contributed by atoms with van der Waals surface area (Å²) in [4.78, 5) is 27.3. The molecule has 1 atom stereocenters. The highest BCUT2D eigenvalue weighted by molar-refractivity contribution is 5.88. The second-order valence-electron chi connectivity index (χ2n) is 8.31. The third kappa shape index (κ3) is 6.61. The third-order valence-corrected chi connectivity index (χ3v) is 5.23. The first kappa shape index (κ1) is 23.5. The van der Waals surface area contributed by atoms with Crippen molar-refractivity contribution >= 4 is 11.8 Å². The van der Waals surface area contributed by atoms with E-state index >= 15 is 0 Å². The van der Waals surface area contributed by atoms with Crippen LogP contribution in [-0.2, 0) is 16.1 Å². The number of rotatable bonds is 9. The second-order valence-corrected chi connectivity index (χ2v) is 8.31. The Morgan fingerprint density at radius 1 is 1.00 bits per heavy atom. The van der Waals surface area contributed by atoms with E-state index in [1.54, 1.807) is 11.8 Å². The molecule has 2 aromatic carbocycles. The molecule has 0 aliphatic rings. The fourth-order valence-corrected chi connectivity index (χ4v) is 3.03. The van der Waals surface area contributed by atoms with Crippen molar-refractivity contribution < 1.29 is 14.3 Å². The van der Waals surface area contributed by atoms with Crippen LogP contribution in [0.25, 0.3) is 0 Å². The van der Waals surface area contributed by atoms with Crippen LogP contribution in [0.2, 0.25) is 0 Å². The van der Waals surface area contributed by atoms with Gasteiger partial charge in [-0.05, 0) is 56.4 Å². The van der Waals surface area contributed by atoms with Crippen molar-refractivity contribution in [3.05, 3.63) is 64.7 Å². The summed E-state index contributed by atoms with van der Waals surface area (Å²) in [5.74, 6) is 0.658. The molecule has 30 heavy (non-hydrogen) atoms. The van der Waals surface area contributed by atoms with E-state index in [0.29, 0.717) is 24.8 Å². The average molecular weight is 411 g/mol. The number of benzene rings is 2. The Kier molecular flexibility index (Phi) is 8.46. The maximum atomic E-state index is 13.1. The van der Waals surface area contributed by atoms with Gasteiger partial charge in [0, 0.05) is 13.1 Å². The van der Waals surface area contributed by atoms with Gasteiger partial charge < -0.3 is 15.0 Å². The molecule has 0 spiro atoms. The van der Waals surface area contributed by atoms with E-state index in [2.05, 4.69) is 5.32 Å². The normalized spacial score (nSPS) is 11.8. The number of hydrogen-bond donors (Lipinski definition) is 1. The summed E-state index contributed by atoms with van der Waals surface area (Å²) >= 11 is 0. The zero-order valence-corrected chi connectivity index (χ0v) is 19.0. The minimum Gasteiger partial charge on any atom is -0.483 e. The lowest BCUT2D eigenvalue weighted by atomic mass is 10.1. The molecule has 162 valence electrons. The number of aryl methyl sites for hydroxylation is 2. The van der Waals surface area contributed by atoms with Crippen LogP contribution in [0.1, 0.15) is 43.0 Å². The van der Waals surface area contributed by atoms with Crippen LogP contribution < -0.4 is 10.1 Å². The first-order chi connectivity index (χ1) is 14.2. The number of hydrogen-bond acceptors (Lipinski definition) is 3. The van der Waals surface area contributed by atoms with Crippen LogP contribution in [0.4, 0.5) is 0 Å². The predicted molar refractivity (Wildman–Crippen MR) is 120 cm³/mol. The molecule has 2 rings (SSSR count). The number of nitrogens with one attached hydrogen (secondary N) is 1. The van der Waals surface area contributed by atoms with E-state index in [1.165, 1.54) is 0 Å². The molecule has 0 saturated heterocycles. The minimum atomic E-state index is -0.597. The first-order valence-electron chi connectivity index (χ1n) is 10.5. The topological polar surface area (TPSA) is 58.6 Å². The summed E-state index contributed by atoms with van der Waals surface area (Å²) < 4.78 is 5.82. The van der Waals surface area contributed by atoms with Gasteiger partial charge in [0.15, 0.2) is 6.61 Å². The third-order valence-electron chi connectivity index (χ3n) is 5.23. The smallest absolute Gasteiger partial charge is 0.261 e. The molecule has 1 unspecified atom stereocenters. The fraction of sp³-hybridized carbons (Fsp3) is 0.440. The van der Waals surface area contributed by atoms with Crippen molar-refractivity contribution in [2.45, 2.75) is 54.1 Å². The molecule has 1 N–H and O–H groups in total. The Bertz CT molecular complexity index is 859. The second kappa shape index (κ2) is 10.8. The molecule has 0 fully saturated rings. The van der Waals surface area contributed by atoms with Crippen molar-refractivity contribution in [3.63, 3.8) is 0 Å². The van der Waals surface area contributed by atoms with Crippen molar-refractivity contribution in [1.29, 1.82) is 0 Å². The molecular formula is C25H34N2O3. The monoisotopic (exact) mass is 410 g/mol.